The van der Waals surface area contributed by atoms with Gasteiger partial charge in [0.05, 0.1) is 0 Å². The quantitative estimate of drug-likeness (QED) is 0.576. The van der Waals surface area contributed by atoms with E-state index >= 15 is 0 Å². The third-order valence-corrected chi connectivity index (χ3v) is 1.13. The lowest BCUT2D eigenvalue weighted by atomic mass is 10.5. The molecule has 1 nitrogen and oxygen atoms in total. The molecular formula is C5H2BrF2N. The Morgan fingerprint density at radius 3 is 2.44 bits per heavy atom. The van der Waals surface area contributed by atoms with Gasteiger partial charge < -0.3 is 0 Å². The molecule has 0 aliphatic carbocycles. The third-order valence-electron chi connectivity index (χ3n) is 0.728. The first-order chi connectivity index (χ1) is 4.18. The molecule has 0 N–H and O–H groups in total. The van der Waals surface area contributed by atoms with E-state index in [1.807, 2.05) is 0 Å². The maximum Gasteiger partial charge on any atom is 0.216 e. The zero-order valence-electron chi connectivity index (χ0n) is 4.24. The molecular weight excluding hydrogens is 192 g/mol. The summed E-state index contributed by atoms with van der Waals surface area (Å²) in [6.07, 6.45) is 0. The number of aromatic nitrogens is 1. The van der Waals surface area contributed by atoms with E-state index in [2.05, 4.69) is 20.9 Å². The summed E-state index contributed by atoms with van der Waals surface area (Å²) < 4.78 is 24.3. The molecule has 0 amide bonds. The van der Waals surface area contributed by atoms with Crippen molar-refractivity contribution in [1.29, 1.82) is 0 Å². The summed E-state index contributed by atoms with van der Waals surface area (Å²) in [6, 6.07) is 1.80. The monoisotopic (exact) mass is 193 g/mol. The minimum atomic E-state index is -0.818. The molecule has 1 aromatic rings. The van der Waals surface area contributed by atoms with Crippen LogP contribution in [0, 0.1) is 11.8 Å². The van der Waals surface area contributed by atoms with Gasteiger partial charge in [-0.1, -0.05) is 0 Å². The lowest BCUT2D eigenvalue weighted by molar-refractivity contribution is 0.548. The van der Waals surface area contributed by atoms with Gasteiger partial charge in [0.25, 0.3) is 0 Å². The lowest BCUT2D eigenvalue weighted by Crippen LogP contribution is -1.84. The second-order valence-electron chi connectivity index (χ2n) is 1.43. The van der Waals surface area contributed by atoms with Crippen molar-refractivity contribution in [3.63, 3.8) is 0 Å². The van der Waals surface area contributed by atoms with Crippen molar-refractivity contribution in [3.8, 4) is 0 Å². The molecule has 0 aliphatic heterocycles. The van der Waals surface area contributed by atoms with E-state index in [0.717, 1.165) is 6.07 Å². The van der Waals surface area contributed by atoms with Crippen molar-refractivity contribution in [1.82, 2.24) is 4.98 Å². The molecule has 1 rings (SSSR count). The number of pyridine rings is 1. The largest absolute Gasteiger partial charge is 0.216 e. The zero-order valence-corrected chi connectivity index (χ0v) is 5.82. The van der Waals surface area contributed by atoms with Gasteiger partial charge in [-0.05, 0) is 15.9 Å². The number of hydrogen-bond acceptors (Lipinski definition) is 1. The predicted molar refractivity (Wildman–Crippen MR) is 31.9 cm³/mol. The van der Waals surface area contributed by atoms with E-state index < -0.39 is 11.8 Å². The SMILES string of the molecule is Fc1cc(F)nc(Br)c1. The average molecular weight is 194 g/mol. The van der Waals surface area contributed by atoms with Crippen molar-refractivity contribution < 1.29 is 8.78 Å². The van der Waals surface area contributed by atoms with Crippen molar-refractivity contribution in [3.05, 3.63) is 28.5 Å². The second-order valence-corrected chi connectivity index (χ2v) is 2.24. The summed E-state index contributed by atoms with van der Waals surface area (Å²) in [4.78, 5) is 3.24. The van der Waals surface area contributed by atoms with Crippen LogP contribution in [0.1, 0.15) is 0 Å². The Labute approximate surface area is 58.8 Å². The minimum absolute atomic E-state index is 0.167. The van der Waals surface area contributed by atoms with Crippen molar-refractivity contribution in [2.45, 2.75) is 0 Å². The van der Waals surface area contributed by atoms with Gasteiger partial charge in [0.15, 0.2) is 0 Å². The standard InChI is InChI=1S/C5H2BrF2N/c6-4-1-3(7)2-5(8)9-4/h1-2H. The maximum atomic E-state index is 12.1. The fourth-order valence-corrected chi connectivity index (χ4v) is 0.824. The van der Waals surface area contributed by atoms with Crippen LogP contribution >= 0.6 is 15.9 Å². The van der Waals surface area contributed by atoms with E-state index in [9.17, 15) is 8.78 Å². The Balaban J connectivity index is 3.17. The van der Waals surface area contributed by atoms with Crippen LogP contribution in [0.4, 0.5) is 8.78 Å². The van der Waals surface area contributed by atoms with Crippen LogP contribution in [0.2, 0.25) is 0 Å². The van der Waals surface area contributed by atoms with Gasteiger partial charge in [-0.2, -0.15) is 4.39 Å². The van der Waals surface area contributed by atoms with E-state index in [1.54, 1.807) is 0 Å². The van der Waals surface area contributed by atoms with E-state index in [-0.39, 0.29) is 4.60 Å². The van der Waals surface area contributed by atoms with Gasteiger partial charge in [-0.3, -0.25) is 0 Å². The summed E-state index contributed by atoms with van der Waals surface area (Å²) in [7, 11) is 0. The molecule has 48 valence electrons. The average Bonchev–Trinajstić information content (AvgIpc) is 1.59. The second kappa shape index (κ2) is 2.39. The minimum Gasteiger partial charge on any atom is -0.213 e. The number of nitrogens with zero attached hydrogens (tertiary/aromatic N) is 1. The Kier molecular flexibility index (Phi) is 1.75. The van der Waals surface area contributed by atoms with Crippen LogP contribution in [-0.4, -0.2) is 4.98 Å². The molecule has 0 bridgehead atoms. The van der Waals surface area contributed by atoms with Gasteiger partial charge in [-0.15, -0.1) is 0 Å². The lowest BCUT2D eigenvalue weighted by Gasteiger charge is -1.88. The van der Waals surface area contributed by atoms with Crippen molar-refractivity contribution in [2.75, 3.05) is 0 Å². The molecule has 0 aliphatic rings. The first-order valence-electron chi connectivity index (χ1n) is 2.17. The van der Waals surface area contributed by atoms with E-state index in [4.69, 9.17) is 0 Å². The highest BCUT2D eigenvalue weighted by Gasteiger charge is 1.96. The molecule has 0 saturated carbocycles. The van der Waals surface area contributed by atoms with E-state index in [0.29, 0.717) is 6.07 Å². The zero-order chi connectivity index (χ0) is 6.85. The molecule has 0 atom stereocenters. The summed E-state index contributed by atoms with van der Waals surface area (Å²) in [5.41, 5.74) is 0. The van der Waals surface area contributed by atoms with Gasteiger partial charge in [0.1, 0.15) is 10.4 Å². The van der Waals surface area contributed by atoms with Crippen LogP contribution in [0.3, 0.4) is 0 Å². The Hall–Kier alpha value is -0.510. The van der Waals surface area contributed by atoms with Crippen LogP contribution < -0.4 is 0 Å². The van der Waals surface area contributed by atoms with Gasteiger partial charge in [0, 0.05) is 12.1 Å². The normalized spacial score (nSPS) is 9.67. The predicted octanol–water partition coefficient (Wildman–Crippen LogP) is 2.12. The smallest absolute Gasteiger partial charge is 0.213 e. The molecule has 1 aromatic heterocycles. The Bertz CT molecular complexity index is 176. The third kappa shape index (κ3) is 1.71. The molecule has 0 spiro atoms. The maximum absolute atomic E-state index is 12.1. The van der Waals surface area contributed by atoms with Crippen LogP contribution in [0.5, 0.6) is 0 Å². The first kappa shape index (κ1) is 6.61. The number of rotatable bonds is 0. The molecule has 4 heteroatoms. The fraction of sp³-hybridized carbons (Fsp3) is 0. The topological polar surface area (TPSA) is 12.9 Å². The van der Waals surface area contributed by atoms with Gasteiger partial charge in [-0.25, -0.2) is 9.37 Å². The summed E-state index contributed by atoms with van der Waals surface area (Å²) in [6.45, 7) is 0. The van der Waals surface area contributed by atoms with Crippen LogP contribution in [-0.2, 0) is 0 Å². The molecule has 0 radical (unpaired) electrons. The van der Waals surface area contributed by atoms with Gasteiger partial charge >= 0.3 is 0 Å². The van der Waals surface area contributed by atoms with Crippen molar-refractivity contribution >= 4 is 15.9 Å². The summed E-state index contributed by atoms with van der Waals surface area (Å²) >= 11 is 2.82. The highest BCUT2D eigenvalue weighted by molar-refractivity contribution is 9.10. The summed E-state index contributed by atoms with van der Waals surface area (Å²) in [5, 5.41) is 0. The molecule has 0 fully saturated rings. The molecule has 0 aromatic carbocycles. The first-order valence-corrected chi connectivity index (χ1v) is 2.96. The Morgan fingerprint density at radius 2 is 2.00 bits per heavy atom. The molecule has 0 saturated heterocycles. The molecule has 9 heavy (non-hydrogen) atoms. The highest BCUT2D eigenvalue weighted by atomic mass is 79.9. The highest BCUT2D eigenvalue weighted by Crippen LogP contribution is 2.08. The number of hydrogen-bond donors (Lipinski definition) is 0. The van der Waals surface area contributed by atoms with Crippen LogP contribution in [0.25, 0.3) is 0 Å². The molecule has 1 heterocycles. The number of halogens is 3. The Morgan fingerprint density at radius 1 is 1.33 bits per heavy atom. The fourth-order valence-electron chi connectivity index (χ4n) is 0.436. The van der Waals surface area contributed by atoms with Crippen LogP contribution in [0.15, 0.2) is 16.7 Å². The molecule has 0 unspecified atom stereocenters. The van der Waals surface area contributed by atoms with Gasteiger partial charge in [0.2, 0.25) is 5.95 Å². The van der Waals surface area contributed by atoms with E-state index in [1.165, 1.54) is 0 Å². The van der Waals surface area contributed by atoms with Crippen molar-refractivity contribution in [2.24, 2.45) is 0 Å². The summed E-state index contributed by atoms with van der Waals surface area (Å²) in [5.74, 6) is -1.45.